The summed E-state index contributed by atoms with van der Waals surface area (Å²) in [5, 5.41) is 5.74. The zero-order chi connectivity index (χ0) is 17.6. The molecule has 2 amide bonds. The van der Waals surface area contributed by atoms with E-state index in [1.54, 1.807) is 30.3 Å². The molecule has 0 spiro atoms. The Labute approximate surface area is 147 Å². The van der Waals surface area contributed by atoms with E-state index in [2.05, 4.69) is 10.6 Å². The molecule has 1 fully saturated rings. The van der Waals surface area contributed by atoms with Gasteiger partial charge in [-0.3, -0.25) is 9.59 Å². The zero-order valence-corrected chi connectivity index (χ0v) is 14.2. The van der Waals surface area contributed by atoms with E-state index in [1.807, 2.05) is 25.1 Å². The van der Waals surface area contributed by atoms with Crippen LogP contribution in [0.3, 0.4) is 0 Å². The Balaban J connectivity index is 1.71. The zero-order valence-electron chi connectivity index (χ0n) is 14.2. The molecular weight excluding hydrogens is 316 g/mol. The van der Waals surface area contributed by atoms with Crippen LogP contribution in [0.25, 0.3) is 0 Å². The molecule has 2 aromatic rings. The average molecular weight is 338 g/mol. The van der Waals surface area contributed by atoms with Gasteiger partial charge in [0, 0.05) is 18.7 Å². The summed E-state index contributed by atoms with van der Waals surface area (Å²) >= 11 is 0. The minimum atomic E-state index is -0.225. The van der Waals surface area contributed by atoms with Gasteiger partial charge in [-0.2, -0.15) is 0 Å². The predicted octanol–water partition coefficient (Wildman–Crippen LogP) is 3.16. The average Bonchev–Trinajstić information content (AvgIpc) is 3.14. The van der Waals surface area contributed by atoms with E-state index in [0.29, 0.717) is 23.4 Å². The molecule has 130 valence electrons. The molecule has 1 heterocycles. The van der Waals surface area contributed by atoms with E-state index in [9.17, 15) is 9.59 Å². The lowest BCUT2D eigenvalue weighted by atomic mass is 10.1. The quantitative estimate of drug-likeness (QED) is 0.880. The van der Waals surface area contributed by atoms with E-state index < -0.39 is 0 Å². The maximum absolute atomic E-state index is 12.5. The lowest BCUT2D eigenvalue weighted by molar-refractivity contribution is 0.0858. The monoisotopic (exact) mass is 338 g/mol. The van der Waals surface area contributed by atoms with Crippen LogP contribution in [-0.4, -0.2) is 31.1 Å². The summed E-state index contributed by atoms with van der Waals surface area (Å²) in [6.07, 6.45) is 2.08. The van der Waals surface area contributed by atoms with Crippen LogP contribution in [0, 0.1) is 6.92 Å². The molecule has 3 rings (SSSR count). The van der Waals surface area contributed by atoms with Crippen LogP contribution in [0.1, 0.15) is 39.1 Å². The summed E-state index contributed by atoms with van der Waals surface area (Å²) in [4.78, 5) is 25.0. The number of ether oxygens (including phenoxy) is 1. The lowest BCUT2D eigenvalue weighted by Crippen LogP contribution is -2.32. The molecule has 5 nitrogen and oxygen atoms in total. The first kappa shape index (κ1) is 17.2. The molecule has 1 unspecified atom stereocenters. The summed E-state index contributed by atoms with van der Waals surface area (Å²) < 4.78 is 5.52. The first-order valence-electron chi connectivity index (χ1n) is 8.51. The van der Waals surface area contributed by atoms with Gasteiger partial charge in [-0.05, 0) is 43.5 Å². The number of carbonyl (C=O) groups is 2. The number of rotatable bonds is 5. The van der Waals surface area contributed by atoms with Gasteiger partial charge in [0.05, 0.1) is 17.4 Å². The highest BCUT2D eigenvalue weighted by atomic mass is 16.5. The van der Waals surface area contributed by atoms with Crippen LogP contribution >= 0.6 is 0 Å². The van der Waals surface area contributed by atoms with Crippen LogP contribution in [0.5, 0.6) is 0 Å². The Bertz CT molecular complexity index is 767. The molecule has 0 aromatic heterocycles. The van der Waals surface area contributed by atoms with Crippen molar-refractivity contribution in [2.45, 2.75) is 25.9 Å². The molecule has 0 bridgehead atoms. The summed E-state index contributed by atoms with van der Waals surface area (Å²) in [5.41, 5.74) is 2.43. The van der Waals surface area contributed by atoms with E-state index in [1.165, 1.54) is 0 Å². The normalized spacial score (nSPS) is 16.4. The van der Waals surface area contributed by atoms with Crippen molar-refractivity contribution in [3.8, 4) is 0 Å². The molecule has 5 heteroatoms. The molecule has 1 saturated heterocycles. The number of anilines is 1. The molecular formula is C20H22N2O3. The van der Waals surface area contributed by atoms with Crippen LogP contribution in [0.15, 0.2) is 48.5 Å². The van der Waals surface area contributed by atoms with E-state index in [4.69, 9.17) is 4.74 Å². The Hall–Kier alpha value is -2.66. The second-order valence-electron chi connectivity index (χ2n) is 6.16. The van der Waals surface area contributed by atoms with Gasteiger partial charge in [-0.15, -0.1) is 0 Å². The Kier molecular flexibility index (Phi) is 5.46. The molecule has 1 atom stereocenters. The van der Waals surface area contributed by atoms with Gasteiger partial charge in [0.25, 0.3) is 11.8 Å². The molecule has 0 saturated carbocycles. The van der Waals surface area contributed by atoms with Crippen LogP contribution in [-0.2, 0) is 4.74 Å². The number of aryl methyl sites for hydroxylation is 1. The van der Waals surface area contributed by atoms with E-state index in [0.717, 1.165) is 25.0 Å². The molecule has 0 aliphatic carbocycles. The molecule has 2 aromatic carbocycles. The third kappa shape index (κ3) is 4.25. The fourth-order valence-electron chi connectivity index (χ4n) is 2.91. The lowest BCUT2D eigenvalue weighted by Gasteiger charge is -2.14. The summed E-state index contributed by atoms with van der Waals surface area (Å²) in [6.45, 7) is 3.12. The number of benzene rings is 2. The van der Waals surface area contributed by atoms with Gasteiger partial charge in [-0.1, -0.05) is 30.3 Å². The maximum atomic E-state index is 12.5. The van der Waals surface area contributed by atoms with E-state index >= 15 is 0 Å². The van der Waals surface area contributed by atoms with Crippen molar-refractivity contribution in [3.63, 3.8) is 0 Å². The van der Waals surface area contributed by atoms with Gasteiger partial charge in [0.1, 0.15) is 0 Å². The standard InChI is InChI=1S/C20H22N2O3/c1-14-7-2-3-9-16(14)20(24)22-18-11-5-4-10-17(18)19(23)21-13-15-8-6-12-25-15/h2-5,7,9-11,15H,6,8,12-13H2,1H3,(H,21,23)(H,22,24). The summed E-state index contributed by atoms with van der Waals surface area (Å²) in [5.74, 6) is -0.436. The van der Waals surface area contributed by atoms with E-state index in [-0.39, 0.29) is 17.9 Å². The second-order valence-corrected chi connectivity index (χ2v) is 6.16. The van der Waals surface area contributed by atoms with Crippen LogP contribution in [0.4, 0.5) is 5.69 Å². The highest BCUT2D eigenvalue weighted by Crippen LogP contribution is 2.18. The van der Waals surface area contributed by atoms with Crippen molar-refractivity contribution in [2.24, 2.45) is 0 Å². The van der Waals surface area contributed by atoms with Gasteiger partial charge >= 0.3 is 0 Å². The number of hydrogen-bond acceptors (Lipinski definition) is 3. The number of carbonyl (C=O) groups excluding carboxylic acids is 2. The van der Waals surface area contributed by atoms with Crippen LogP contribution < -0.4 is 10.6 Å². The van der Waals surface area contributed by atoms with Gasteiger partial charge < -0.3 is 15.4 Å². The van der Waals surface area contributed by atoms with Crippen molar-refractivity contribution >= 4 is 17.5 Å². The number of hydrogen-bond donors (Lipinski definition) is 2. The molecule has 1 aliphatic heterocycles. The first-order valence-corrected chi connectivity index (χ1v) is 8.51. The number of amides is 2. The second kappa shape index (κ2) is 7.94. The fourth-order valence-corrected chi connectivity index (χ4v) is 2.91. The summed E-state index contributed by atoms with van der Waals surface area (Å²) in [7, 11) is 0. The smallest absolute Gasteiger partial charge is 0.255 e. The Morgan fingerprint density at radius 3 is 2.48 bits per heavy atom. The van der Waals surface area contributed by atoms with Crippen molar-refractivity contribution in [3.05, 3.63) is 65.2 Å². The summed E-state index contributed by atoms with van der Waals surface area (Å²) in [6, 6.07) is 14.4. The van der Waals surface area contributed by atoms with Crippen LogP contribution in [0.2, 0.25) is 0 Å². The third-order valence-electron chi connectivity index (χ3n) is 4.32. The maximum Gasteiger partial charge on any atom is 0.255 e. The van der Waals surface area contributed by atoms with Gasteiger partial charge in [0.2, 0.25) is 0 Å². The third-order valence-corrected chi connectivity index (χ3v) is 4.32. The van der Waals surface area contributed by atoms with Gasteiger partial charge in [0.15, 0.2) is 0 Å². The highest BCUT2D eigenvalue weighted by Gasteiger charge is 2.19. The van der Waals surface area contributed by atoms with Crippen molar-refractivity contribution in [2.75, 3.05) is 18.5 Å². The van der Waals surface area contributed by atoms with Crippen molar-refractivity contribution in [1.29, 1.82) is 0 Å². The molecule has 2 N–H and O–H groups in total. The Morgan fingerprint density at radius 1 is 1.04 bits per heavy atom. The molecule has 1 aliphatic rings. The topological polar surface area (TPSA) is 67.4 Å². The molecule has 25 heavy (non-hydrogen) atoms. The number of para-hydroxylation sites is 1. The fraction of sp³-hybridized carbons (Fsp3) is 0.300. The SMILES string of the molecule is Cc1ccccc1C(=O)Nc1ccccc1C(=O)NCC1CCCO1. The number of nitrogens with one attached hydrogen (secondary N) is 2. The highest BCUT2D eigenvalue weighted by molar-refractivity contribution is 6.09. The minimum absolute atomic E-state index is 0.0812. The predicted molar refractivity (Wildman–Crippen MR) is 96.9 cm³/mol. The van der Waals surface area contributed by atoms with Crippen molar-refractivity contribution < 1.29 is 14.3 Å². The van der Waals surface area contributed by atoms with Crippen molar-refractivity contribution in [1.82, 2.24) is 5.32 Å². The largest absolute Gasteiger partial charge is 0.376 e. The first-order chi connectivity index (χ1) is 12.1. The minimum Gasteiger partial charge on any atom is -0.376 e. The molecule has 0 radical (unpaired) electrons. The van der Waals surface area contributed by atoms with Gasteiger partial charge in [-0.25, -0.2) is 0 Å². The Morgan fingerprint density at radius 2 is 1.76 bits per heavy atom.